The summed E-state index contributed by atoms with van der Waals surface area (Å²) in [6, 6.07) is 5.08. The molecule has 1 aromatic heterocycles. The molecule has 130 valence electrons. The molecule has 0 aliphatic rings. The van der Waals surface area contributed by atoms with Crippen LogP contribution in [-0.2, 0) is 19.3 Å². The van der Waals surface area contributed by atoms with Crippen molar-refractivity contribution in [1.82, 2.24) is 4.57 Å². The number of benzene rings is 1. The molecule has 0 atom stereocenters. The van der Waals surface area contributed by atoms with Crippen LogP contribution < -0.4 is 11.1 Å². The van der Waals surface area contributed by atoms with Gasteiger partial charge in [0.25, 0.3) is 5.91 Å². The SMILES string of the molecule is CCn1c(C)cc(C(=O)Nc2cc(CN)cc(C(F)(F)F)c2)c1C. The van der Waals surface area contributed by atoms with Crippen molar-refractivity contribution in [3.05, 3.63) is 52.3 Å². The lowest BCUT2D eigenvalue weighted by atomic mass is 10.1. The van der Waals surface area contributed by atoms with Crippen LogP contribution >= 0.6 is 0 Å². The maximum absolute atomic E-state index is 13.0. The van der Waals surface area contributed by atoms with Crippen molar-refractivity contribution < 1.29 is 18.0 Å². The fraction of sp³-hybridized carbons (Fsp3) is 0.353. The van der Waals surface area contributed by atoms with Crippen LogP contribution in [-0.4, -0.2) is 10.5 Å². The second kappa shape index (κ2) is 6.68. The molecule has 1 heterocycles. The largest absolute Gasteiger partial charge is 0.416 e. The molecule has 0 unspecified atom stereocenters. The van der Waals surface area contributed by atoms with E-state index in [0.29, 0.717) is 17.7 Å². The van der Waals surface area contributed by atoms with Crippen LogP contribution in [0.1, 0.15) is 39.8 Å². The zero-order valence-corrected chi connectivity index (χ0v) is 13.8. The van der Waals surface area contributed by atoms with Crippen molar-refractivity contribution in [2.75, 3.05) is 5.32 Å². The molecule has 0 fully saturated rings. The zero-order valence-electron chi connectivity index (χ0n) is 13.8. The third-order valence-corrected chi connectivity index (χ3v) is 3.95. The Bertz CT molecular complexity index is 763. The first kappa shape index (κ1) is 18.1. The van der Waals surface area contributed by atoms with E-state index in [1.165, 1.54) is 6.07 Å². The number of carbonyl (C=O) groups is 1. The summed E-state index contributed by atoms with van der Waals surface area (Å²) >= 11 is 0. The normalized spacial score (nSPS) is 11.6. The average Bonchev–Trinajstić information content (AvgIpc) is 2.80. The van der Waals surface area contributed by atoms with Crippen LogP contribution in [0, 0.1) is 13.8 Å². The van der Waals surface area contributed by atoms with E-state index >= 15 is 0 Å². The number of rotatable bonds is 4. The maximum Gasteiger partial charge on any atom is 0.416 e. The van der Waals surface area contributed by atoms with E-state index in [9.17, 15) is 18.0 Å². The van der Waals surface area contributed by atoms with E-state index in [4.69, 9.17) is 5.73 Å². The van der Waals surface area contributed by atoms with E-state index in [2.05, 4.69) is 5.32 Å². The minimum absolute atomic E-state index is 0.0445. The fourth-order valence-electron chi connectivity index (χ4n) is 2.76. The third kappa shape index (κ3) is 3.62. The zero-order chi connectivity index (χ0) is 18.1. The summed E-state index contributed by atoms with van der Waals surface area (Å²) < 4.78 is 40.8. The molecule has 1 aromatic carbocycles. The van der Waals surface area contributed by atoms with E-state index in [0.717, 1.165) is 23.5 Å². The highest BCUT2D eigenvalue weighted by Gasteiger charge is 2.31. The molecule has 24 heavy (non-hydrogen) atoms. The van der Waals surface area contributed by atoms with Gasteiger partial charge < -0.3 is 15.6 Å². The van der Waals surface area contributed by atoms with Crippen molar-refractivity contribution >= 4 is 11.6 Å². The Morgan fingerprint density at radius 2 is 1.88 bits per heavy atom. The molecule has 4 nitrogen and oxygen atoms in total. The summed E-state index contributed by atoms with van der Waals surface area (Å²) in [5.41, 5.74) is 7.15. The van der Waals surface area contributed by atoms with Crippen molar-refractivity contribution in [2.24, 2.45) is 5.73 Å². The molecule has 0 bridgehead atoms. The predicted octanol–water partition coefficient (Wildman–Crippen LogP) is 3.85. The number of carbonyl (C=O) groups excluding carboxylic acids is 1. The van der Waals surface area contributed by atoms with Crippen LogP contribution in [0.15, 0.2) is 24.3 Å². The summed E-state index contributed by atoms with van der Waals surface area (Å²) in [5.74, 6) is -0.440. The number of hydrogen-bond donors (Lipinski definition) is 2. The van der Waals surface area contributed by atoms with Gasteiger partial charge in [-0.2, -0.15) is 13.2 Å². The number of anilines is 1. The van der Waals surface area contributed by atoms with Gasteiger partial charge in [0, 0.05) is 30.2 Å². The molecule has 0 saturated carbocycles. The number of hydrogen-bond acceptors (Lipinski definition) is 2. The Morgan fingerprint density at radius 3 is 2.38 bits per heavy atom. The van der Waals surface area contributed by atoms with Gasteiger partial charge in [0.2, 0.25) is 0 Å². The van der Waals surface area contributed by atoms with E-state index < -0.39 is 17.6 Å². The maximum atomic E-state index is 13.0. The molecular formula is C17H20F3N3O. The Labute approximate surface area is 138 Å². The van der Waals surface area contributed by atoms with Gasteiger partial charge in [-0.3, -0.25) is 4.79 Å². The molecular weight excluding hydrogens is 319 g/mol. The highest BCUT2D eigenvalue weighted by Crippen LogP contribution is 2.32. The average molecular weight is 339 g/mol. The Kier molecular flexibility index (Phi) is 5.03. The van der Waals surface area contributed by atoms with Gasteiger partial charge in [-0.25, -0.2) is 0 Å². The molecule has 2 aromatic rings. The van der Waals surface area contributed by atoms with Crippen molar-refractivity contribution in [3.63, 3.8) is 0 Å². The number of nitrogens with one attached hydrogen (secondary N) is 1. The first-order valence-corrected chi connectivity index (χ1v) is 7.56. The molecule has 0 aliphatic carbocycles. The fourth-order valence-corrected chi connectivity index (χ4v) is 2.76. The summed E-state index contributed by atoms with van der Waals surface area (Å²) in [6.07, 6.45) is -4.50. The van der Waals surface area contributed by atoms with Gasteiger partial charge in [-0.05, 0) is 50.6 Å². The van der Waals surface area contributed by atoms with E-state index in [1.54, 1.807) is 6.07 Å². The number of halogens is 3. The summed E-state index contributed by atoms with van der Waals surface area (Å²) in [4.78, 5) is 12.4. The predicted molar refractivity (Wildman–Crippen MR) is 86.9 cm³/mol. The van der Waals surface area contributed by atoms with Crippen molar-refractivity contribution in [2.45, 2.75) is 40.0 Å². The molecule has 2 rings (SSSR count). The van der Waals surface area contributed by atoms with E-state index in [-0.39, 0.29) is 12.2 Å². The Hall–Kier alpha value is -2.28. The molecule has 0 saturated heterocycles. The monoisotopic (exact) mass is 339 g/mol. The Balaban J connectivity index is 2.35. The van der Waals surface area contributed by atoms with Crippen LogP contribution in [0.25, 0.3) is 0 Å². The first-order valence-electron chi connectivity index (χ1n) is 7.56. The van der Waals surface area contributed by atoms with Gasteiger partial charge >= 0.3 is 6.18 Å². The van der Waals surface area contributed by atoms with Gasteiger partial charge in [-0.1, -0.05) is 0 Å². The lowest BCUT2D eigenvalue weighted by molar-refractivity contribution is -0.137. The lowest BCUT2D eigenvalue weighted by Gasteiger charge is -2.12. The molecule has 0 aliphatic heterocycles. The minimum atomic E-state index is -4.50. The van der Waals surface area contributed by atoms with Crippen LogP contribution in [0.2, 0.25) is 0 Å². The van der Waals surface area contributed by atoms with Gasteiger partial charge in [0.15, 0.2) is 0 Å². The molecule has 0 radical (unpaired) electrons. The second-order valence-electron chi connectivity index (χ2n) is 5.60. The standard InChI is InChI=1S/C17H20F3N3O/c1-4-23-10(2)5-15(11(23)3)16(24)22-14-7-12(9-21)6-13(8-14)17(18,19)20/h5-8H,4,9,21H2,1-3H3,(H,22,24). The van der Waals surface area contributed by atoms with Gasteiger partial charge in [-0.15, -0.1) is 0 Å². The number of aryl methyl sites for hydroxylation is 1. The summed E-state index contributed by atoms with van der Waals surface area (Å²) in [7, 11) is 0. The third-order valence-electron chi connectivity index (χ3n) is 3.95. The smallest absolute Gasteiger partial charge is 0.349 e. The van der Waals surface area contributed by atoms with Crippen LogP contribution in [0.5, 0.6) is 0 Å². The molecule has 1 amide bonds. The number of aromatic nitrogens is 1. The van der Waals surface area contributed by atoms with E-state index in [1.807, 2.05) is 25.3 Å². The Morgan fingerprint density at radius 1 is 1.21 bits per heavy atom. The van der Waals surface area contributed by atoms with Gasteiger partial charge in [0.1, 0.15) is 0 Å². The highest BCUT2D eigenvalue weighted by molar-refractivity contribution is 6.05. The quantitative estimate of drug-likeness (QED) is 0.889. The minimum Gasteiger partial charge on any atom is -0.349 e. The topological polar surface area (TPSA) is 60.0 Å². The number of nitrogens with two attached hydrogens (primary N) is 1. The van der Waals surface area contributed by atoms with Crippen LogP contribution in [0.3, 0.4) is 0 Å². The number of amides is 1. The van der Waals surface area contributed by atoms with Crippen LogP contribution in [0.4, 0.5) is 18.9 Å². The molecule has 0 spiro atoms. The highest BCUT2D eigenvalue weighted by atomic mass is 19.4. The first-order chi connectivity index (χ1) is 11.2. The summed E-state index contributed by atoms with van der Waals surface area (Å²) in [5, 5.41) is 2.54. The second-order valence-corrected chi connectivity index (χ2v) is 5.60. The number of alkyl halides is 3. The molecule has 7 heteroatoms. The van der Waals surface area contributed by atoms with Crippen molar-refractivity contribution in [1.29, 1.82) is 0 Å². The van der Waals surface area contributed by atoms with Crippen molar-refractivity contribution in [3.8, 4) is 0 Å². The van der Waals surface area contributed by atoms with Gasteiger partial charge in [0.05, 0.1) is 11.1 Å². The molecule has 3 N–H and O–H groups in total. The lowest BCUT2D eigenvalue weighted by Crippen LogP contribution is -2.15. The summed E-state index contributed by atoms with van der Waals surface area (Å²) in [6.45, 7) is 6.32. The number of nitrogens with zero attached hydrogens (tertiary/aromatic N) is 1.